The molecule has 1 N–H and O–H groups in total. The lowest BCUT2D eigenvalue weighted by atomic mass is 10.0. The normalized spacial score (nSPS) is 13.2. The summed E-state index contributed by atoms with van der Waals surface area (Å²) in [5.74, 6) is 0. The molecule has 1 atom stereocenters. The SMILES string of the molecule is Cc1cc(C(O)COC(C)C)c2ccccc2n1. The number of nitrogens with zero attached hydrogens (tertiary/aromatic N) is 1. The van der Waals surface area contributed by atoms with Gasteiger partial charge in [-0.3, -0.25) is 4.98 Å². The Morgan fingerprint density at radius 3 is 2.72 bits per heavy atom. The van der Waals surface area contributed by atoms with Gasteiger partial charge in [-0.1, -0.05) is 18.2 Å². The van der Waals surface area contributed by atoms with Crippen molar-refractivity contribution in [2.75, 3.05) is 6.61 Å². The second-order valence-electron chi connectivity index (χ2n) is 4.77. The van der Waals surface area contributed by atoms with Crippen molar-refractivity contribution in [3.63, 3.8) is 0 Å². The number of hydrogen-bond acceptors (Lipinski definition) is 3. The van der Waals surface area contributed by atoms with Gasteiger partial charge in [-0.15, -0.1) is 0 Å². The van der Waals surface area contributed by atoms with E-state index in [-0.39, 0.29) is 6.10 Å². The Balaban J connectivity index is 2.36. The Bertz CT molecular complexity index is 537. The van der Waals surface area contributed by atoms with E-state index in [0.717, 1.165) is 22.2 Å². The molecule has 2 aromatic rings. The molecule has 0 aliphatic heterocycles. The molecule has 3 heteroatoms. The van der Waals surface area contributed by atoms with Gasteiger partial charge in [0.2, 0.25) is 0 Å². The molecule has 0 saturated carbocycles. The minimum absolute atomic E-state index is 0.119. The lowest BCUT2D eigenvalue weighted by molar-refractivity contribution is 0.00546. The first-order chi connectivity index (χ1) is 8.58. The van der Waals surface area contributed by atoms with Crippen molar-refractivity contribution in [1.29, 1.82) is 0 Å². The number of aryl methyl sites for hydroxylation is 1. The fourth-order valence-electron chi connectivity index (χ4n) is 1.99. The first kappa shape index (κ1) is 13.0. The fraction of sp³-hybridized carbons (Fsp3) is 0.400. The van der Waals surface area contributed by atoms with E-state index in [4.69, 9.17) is 4.74 Å². The molecule has 1 unspecified atom stereocenters. The van der Waals surface area contributed by atoms with Crippen LogP contribution in [0.25, 0.3) is 10.9 Å². The monoisotopic (exact) mass is 245 g/mol. The van der Waals surface area contributed by atoms with Crippen LogP contribution < -0.4 is 0 Å². The maximum absolute atomic E-state index is 10.2. The molecule has 18 heavy (non-hydrogen) atoms. The van der Waals surface area contributed by atoms with Gasteiger partial charge in [0.1, 0.15) is 6.10 Å². The van der Waals surface area contributed by atoms with E-state index in [1.165, 1.54) is 0 Å². The van der Waals surface area contributed by atoms with Crippen LogP contribution in [0.2, 0.25) is 0 Å². The average molecular weight is 245 g/mol. The van der Waals surface area contributed by atoms with Gasteiger partial charge in [-0.2, -0.15) is 0 Å². The summed E-state index contributed by atoms with van der Waals surface area (Å²) < 4.78 is 5.48. The molecule has 0 saturated heterocycles. The highest BCUT2D eigenvalue weighted by Crippen LogP contribution is 2.24. The third kappa shape index (κ3) is 2.86. The van der Waals surface area contributed by atoms with E-state index in [0.29, 0.717) is 6.61 Å². The molecule has 1 aromatic heterocycles. The highest BCUT2D eigenvalue weighted by molar-refractivity contribution is 5.82. The molecule has 1 aromatic carbocycles. The third-order valence-electron chi connectivity index (χ3n) is 2.82. The summed E-state index contributed by atoms with van der Waals surface area (Å²) in [6, 6.07) is 9.78. The Kier molecular flexibility index (Phi) is 3.94. The number of benzene rings is 1. The average Bonchev–Trinajstić information content (AvgIpc) is 2.34. The van der Waals surface area contributed by atoms with Crippen molar-refractivity contribution in [2.24, 2.45) is 0 Å². The van der Waals surface area contributed by atoms with Crippen molar-refractivity contribution in [3.05, 3.63) is 41.6 Å². The molecule has 1 heterocycles. The molecule has 2 rings (SSSR count). The fourth-order valence-corrected chi connectivity index (χ4v) is 1.99. The molecular formula is C15H19NO2. The van der Waals surface area contributed by atoms with E-state index < -0.39 is 6.10 Å². The van der Waals surface area contributed by atoms with E-state index in [1.807, 2.05) is 51.1 Å². The minimum atomic E-state index is -0.612. The van der Waals surface area contributed by atoms with E-state index in [2.05, 4.69) is 4.98 Å². The number of aliphatic hydroxyl groups is 1. The van der Waals surface area contributed by atoms with Gasteiger partial charge in [-0.05, 0) is 38.5 Å². The van der Waals surface area contributed by atoms with Gasteiger partial charge >= 0.3 is 0 Å². The Hall–Kier alpha value is -1.45. The number of aromatic nitrogens is 1. The highest BCUT2D eigenvalue weighted by atomic mass is 16.5. The van der Waals surface area contributed by atoms with Gasteiger partial charge in [0, 0.05) is 11.1 Å². The number of hydrogen-bond donors (Lipinski definition) is 1. The number of rotatable bonds is 4. The Morgan fingerprint density at radius 2 is 2.00 bits per heavy atom. The lowest BCUT2D eigenvalue weighted by Crippen LogP contribution is -2.12. The maximum atomic E-state index is 10.2. The maximum Gasteiger partial charge on any atom is 0.103 e. The van der Waals surface area contributed by atoms with Crippen LogP contribution in [0.15, 0.2) is 30.3 Å². The van der Waals surface area contributed by atoms with Crippen LogP contribution in [-0.2, 0) is 4.74 Å². The topological polar surface area (TPSA) is 42.4 Å². The lowest BCUT2D eigenvalue weighted by Gasteiger charge is -2.16. The number of ether oxygens (including phenoxy) is 1. The van der Waals surface area contributed by atoms with Crippen LogP contribution in [0, 0.1) is 6.92 Å². The summed E-state index contributed by atoms with van der Waals surface area (Å²) >= 11 is 0. The Morgan fingerprint density at radius 1 is 1.28 bits per heavy atom. The molecule has 96 valence electrons. The zero-order chi connectivity index (χ0) is 13.1. The molecule has 0 bridgehead atoms. The summed E-state index contributed by atoms with van der Waals surface area (Å²) in [5, 5.41) is 11.2. The zero-order valence-corrected chi connectivity index (χ0v) is 11.1. The van der Waals surface area contributed by atoms with Gasteiger partial charge in [0.05, 0.1) is 18.2 Å². The number of aliphatic hydroxyl groups excluding tert-OH is 1. The van der Waals surface area contributed by atoms with Gasteiger partial charge in [0.25, 0.3) is 0 Å². The molecule has 0 aliphatic rings. The number of fused-ring (bicyclic) bond motifs is 1. The predicted octanol–water partition coefficient (Wildman–Crippen LogP) is 3.00. The van der Waals surface area contributed by atoms with Crippen LogP contribution >= 0.6 is 0 Å². The van der Waals surface area contributed by atoms with Gasteiger partial charge in [0.15, 0.2) is 0 Å². The smallest absolute Gasteiger partial charge is 0.103 e. The molecule has 0 spiro atoms. The highest BCUT2D eigenvalue weighted by Gasteiger charge is 2.13. The molecule has 0 aliphatic carbocycles. The van der Waals surface area contributed by atoms with Crippen LogP contribution in [0.3, 0.4) is 0 Å². The number of pyridine rings is 1. The second kappa shape index (κ2) is 5.46. The van der Waals surface area contributed by atoms with Crippen LogP contribution in [0.4, 0.5) is 0 Å². The summed E-state index contributed by atoms with van der Waals surface area (Å²) in [6.07, 6.45) is -0.493. The van der Waals surface area contributed by atoms with Gasteiger partial charge in [-0.25, -0.2) is 0 Å². The van der Waals surface area contributed by atoms with Gasteiger partial charge < -0.3 is 9.84 Å². The van der Waals surface area contributed by atoms with Crippen LogP contribution in [0.1, 0.15) is 31.2 Å². The van der Waals surface area contributed by atoms with E-state index in [1.54, 1.807) is 0 Å². The molecule has 0 radical (unpaired) electrons. The number of para-hydroxylation sites is 1. The van der Waals surface area contributed by atoms with Crippen molar-refractivity contribution in [1.82, 2.24) is 4.98 Å². The second-order valence-corrected chi connectivity index (χ2v) is 4.77. The molecule has 0 amide bonds. The van der Waals surface area contributed by atoms with Crippen LogP contribution in [0.5, 0.6) is 0 Å². The van der Waals surface area contributed by atoms with E-state index in [9.17, 15) is 5.11 Å². The van der Waals surface area contributed by atoms with Crippen molar-refractivity contribution >= 4 is 10.9 Å². The third-order valence-corrected chi connectivity index (χ3v) is 2.82. The van der Waals surface area contributed by atoms with Crippen molar-refractivity contribution in [2.45, 2.75) is 33.0 Å². The minimum Gasteiger partial charge on any atom is -0.386 e. The zero-order valence-electron chi connectivity index (χ0n) is 11.1. The quantitative estimate of drug-likeness (QED) is 0.900. The van der Waals surface area contributed by atoms with Crippen molar-refractivity contribution < 1.29 is 9.84 Å². The predicted molar refractivity (Wildman–Crippen MR) is 72.5 cm³/mol. The summed E-state index contributed by atoms with van der Waals surface area (Å²) in [4.78, 5) is 4.46. The van der Waals surface area contributed by atoms with Crippen LogP contribution in [-0.4, -0.2) is 22.8 Å². The van der Waals surface area contributed by atoms with Crippen molar-refractivity contribution in [3.8, 4) is 0 Å². The Labute approximate surface area is 107 Å². The first-order valence-corrected chi connectivity index (χ1v) is 6.24. The largest absolute Gasteiger partial charge is 0.386 e. The summed E-state index contributed by atoms with van der Waals surface area (Å²) in [6.45, 7) is 6.17. The molecule has 0 fully saturated rings. The van der Waals surface area contributed by atoms with E-state index >= 15 is 0 Å². The first-order valence-electron chi connectivity index (χ1n) is 6.24. The summed E-state index contributed by atoms with van der Waals surface area (Å²) in [7, 11) is 0. The standard InChI is InChI=1S/C15H19NO2/c1-10(2)18-9-15(17)13-8-11(3)16-14-7-5-4-6-12(13)14/h4-8,10,15,17H,9H2,1-3H3. The molecular weight excluding hydrogens is 226 g/mol. The summed E-state index contributed by atoms with van der Waals surface area (Å²) in [5.41, 5.74) is 2.71. The molecule has 3 nitrogen and oxygen atoms in total.